The molecule has 0 atom stereocenters. The smallest absolute Gasteiger partial charge is 0.240 e. The van der Waals surface area contributed by atoms with Crippen LogP contribution in [0.3, 0.4) is 0 Å². The minimum Gasteiger partial charge on any atom is -0.255 e. The van der Waals surface area contributed by atoms with Crippen molar-refractivity contribution < 1.29 is 12.8 Å². The van der Waals surface area contributed by atoms with Gasteiger partial charge in [-0.25, -0.2) is 17.9 Å². The van der Waals surface area contributed by atoms with E-state index in [9.17, 15) is 12.8 Å². The summed E-state index contributed by atoms with van der Waals surface area (Å²) in [6.07, 6.45) is 6.69. The second kappa shape index (κ2) is 5.75. The van der Waals surface area contributed by atoms with E-state index < -0.39 is 10.0 Å². The Kier molecular flexibility index (Phi) is 3.77. The topological polar surface area (TPSA) is 73.1 Å². The van der Waals surface area contributed by atoms with Crippen LogP contribution in [-0.4, -0.2) is 13.4 Å². The zero-order chi connectivity index (χ0) is 17.7. The summed E-state index contributed by atoms with van der Waals surface area (Å²) in [6, 6.07) is 9.45. The molecule has 0 radical (unpaired) electrons. The molecule has 2 aliphatic rings. The van der Waals surface area contributed by atoms with Gasteiger partial charge in [-0.15, -0.1) is 0 Å². The molecule has 1 fully saturated rings. The van der Waals surface area contributed by atoms with Gasteiger partial charge in [0.25, 0.3) is 0 Å². The fraction of sp³-hybridized carbons (Fsp3) is 0.316. The molecule has 1 spiro atoms. The lowest BCUT2D eigenvalue weighted by molar-refractivity contribution is 0.157. The number of sulfonamides is 1. The van der Waals surface area contributed by atoms with E-state index in [-0.39, 0.29) is 16.1 Å². The van der Waals surface area contributed by atoms with Crippen molar-refractivity contribution in [2.45, 2.75) is 37.0 Å². The number of primary sulfonamides is 1. The molecule has 2 aromatic rings. The van der Waals surface area contributed by atoms with Crippen molar-refractivity contribution in [3.8, 4) is 0 Å². The molecule has 6 heteroatoms. The van der Waals surface area contributed by atoms with E-state index in [0.29, 0.717) is 5.69 Å². The normalized spacial score (nSPS) is 19.3. The zero-order valence-electron chi connectivity index (χ0n) is 13.7. The Morgan fingerprint density at radius 3 is 2.32 bits per heavy atom. The average Bonchev–Trinajstić information content (AvgIpc) is 2.96. The van der Waals surface area contributed by atoms with Crippen molar-refractivity contribution in [1.29, 1.82) is 0 Å². The molecule has 0 bridgehead atoms. The third-order valence-electron chi connectivity index (χ3n) is 5.44. The average molecular weight is 358 g/mol. The number of pyridine rings is 1. The molecular formula is C19H19FN2O2S. The Labute approximate surface area is 146 Å². The number of nitrogens with zero attached hydrogens (tertiary/aromatic N) is 1. The summed E-state index contributed by atoms with van der Waals surface area (Å²) in [4.78, 5) is 4.41. The maximum absolute atomic E-state index is 13.3. The number of halogens is 1. The van der Waals surface area contributed by atoms with Gasteiger partial charge in [-0.2, -0.15) is 0 Å². The molecule has 2 N–H and O–H groups in total. The Morgan fingerprint density at radius 2 is 1.72 bits per heavy atom. The van der Waals surface area contributed by atoms with Crippen LogP contribution >= 0.6 is 0 Å². The van der Waals surface area contributed by atoms with E-state index in [1.54, 1.807) is 24.4 Å². The third-order valence-corrected chi connectivity index (χ3v) is 6.38. The molecule has 2 aliphatic carbocycles. The number of hydrogen-bond donors (Lipinski definition) is 1. The Balaban J connectivity index is 1.90. The number of allylic oxidation sites excluding steroid dienone is 2. The van der Waals surface area contributed by atoms with Crippen molar-refractivity contribution in [3.05, 3.63) is 59.7 Å². The molecular weight excluding hydrogens is 339 g/mol. The maximum Gasteiger partial charge on any atom is 0.240 e. The quantitative estimate of drug-likeness (QED) is 0.908. The van der Waals surface area contributed by atoms with Gasteiger partial charge in [0.1, 0.15) is 10.7 Å². The molecule has 1 aromatic carbocycles. The van der Waals surface area contributed by atoms with Crippen molar-refractivity contribution in [3.63, 3.8) is 0 Å². The molecule has 1 heterocycles. The first-order valence-corrected chi connectivity index (χ1v) is 9.89. The summed E-state index contributed by atoms with van der Waals surface area (Å²) in [5.41, 5.74) is 3.53. The zero-order valence-corrected chi connectivity index (χ0v) is 14.5. The molecule has 25 heavy (non-hydrogen) atoms. The van der Waals surface area contributed by atoms with Crippen LogP contribution in [-0.2, 0) is 10.0 Å². The van der Waals surface area contributed by atoms with Crippen LogP contribution in [0.15, 0.2) is 47.5 Å². The van der Waals surface area contributed by atoms with Gasteiger partial charge in [0.15, 0.2) is 0 Å². The molecule has 0 aliphatic heterocycles. The van der Waals surface area contributed by atoms with Gasteiger partial charge in [-0.3, -0.25) is 4.98 Å². The predicted molar refractivity (Wildman–Crippen MR) is 94.3 cm³/mol. The van der Waals surface area contributed by atoms with Gasteiger partial charge in [-0.05, 0) is 72.1 Å². The van der Waals surface area contributed by atoms with Gasteiger partial charge in [0.05, 0.1) is 5.69 Å². The van der Waals surface area contributed by atoms with E-state index in [0.717, 1.165) is 42.4 Å². The molecule has 1 saturated carbocycles. The monoisotopic (exact) mass is 358 g/mol. The molecule has 0 unspecified atom stereocenters. The second-order valence-electron chi connectivity index (χ2n) is 7.07. The van der Waals surface area contributed by atoms with E-state index in [2.05, 4.69) is 4.98 Å². The Bertz CT molecular complexity index is 961. The number of aromatic nitrogens is 1. The fourth-order valence-electron chi connectivity index (χ4n) is 4.06. The van der Waals surface area contributed by atoms with Crippen LogP contribution in [0.25, 0.3) is 11.1 Å². The molecule has 1 aromatic heterocycles. The van der Waals surface area contributed by atoms with Crippen LogP contribution in [0.1, 0.15) is 43.4 Å². The fourth-order valence-corrected chi connectivity index (χ4v) is 4.77. The predicted octanol–water partition coefficient (Wildman–Crippen LogP) is 3.74. The third kappa shape index (κ3) is 2.89. The van der Waals surface area contributed by atoms with E-state index in [4.69, 9.17) is 5.14 Å². The SMILES string of the molecule is NS(=O)(=O)c1cccnc1C1=C(c2ccc(F)cc2)CC2(CCC2)C1. The van der Waals surface area contributed by atoms with E-state index >= 15 is 0 Å². The summed E-state index contributed by atoms with van der Waals surface area (Å²) in [6.45, 7) is 0. The van der Waals surface area contributed by atoms with Crippen molar-refractivity contribution in [1.82, 2.24) is 4.98 Å². The van der Waals surface area contributed by atoms with Crippen molar-refractivity contribution in [2.24, 2.45) is 10.6 Å². The van der Waals surface area contributed by atoms with Crippen LogP contribution in [0.4, 0.5) is 4.39 Å². The van der Waals surface area contributed by atoms with E-state index in [1.165, 1.54) is 24.6 Å². The summed E-state index contributed by atoms with van der Waals surface area (Å²) >= 11 is 0. The van der Waals surface area contributed by atoms with Crippen molar-refractivity contribution >= 4 is 21.2 Å². The van der Waals surface area contributed by atoms with Gasteiger partial charge in [0.2, 0.25) is 10.0 Å². The summed E-state index contributed by atoms with van der Waals surface area (Å²) < 4.78 is 37.3. The first-order chi connectivity index (χ1) is 11.9. The molecule has 0 saturated heterocycles. The summed E-state index contributed by atoms with van der Waals surface area (Å²) in [7, 11) is -3.87. The summed E-state index contributed by atoms with van der Waals surface area (Å²) in [5, 5.41) is 5.40. The standard InChI is InChI=1S/C19H19FN2O2S/c20-14-6-4-13(5-7-14)15-11-19(8-2-9-19)12-16(15)18-17(25(21,23)24)3-1-10-22-18/h1,3-7,10H,2,8-9,11-12H2,(H2,21,23,24). The van der Waals surface area contributed by atoms with Crippen LogP contribution in [0, 0.1) is 11.2 Å². The van der Waals surface area contributed by atoms with Crippen LogP contribution in [0.2, 0.25) is 0 Å². The lowest BCUT2D eigenvalue weighted by atomic mass is 9.66. The maximum atomic E-state index is 13.3. The largest absolute Gasteiger partial charge is 0.255 e. The highest BCUT2D eigenvalue weighted by Gasteiger charge is 2.44. The number of rotatable bonds is 3. The van der Waals surface area contributed by atoms with Gasteiger partial charge in [-0.1, -0.05) is 18.6 Å². The lowest BCUT2D eigenvalue weighted by Gasteiger charge is -2.39. The Hall–Kier alpha value is -2.05. The molecule has 0 amide bonds. The second-order valence-corrected chi connectivity index (χ2v) is 8.60. The molecule has 4 nitrogen and oxygen atoms in total. The van der Waals surface area contributed by atoms with Crippen molar-refractivity contribution in [2.75, 3.05) is 0 Å². The number of hydrogen-bond acceptors (Lipinski definition) is 3. The summed E-state index contributed by atoms with van der Waals surface area (Å²) in [5.74, 6) is -0.287. The number of nitrogens with two attached hydrogens (primary N) is 1. The van der Waals surface area contributed by atoms with Crippen LogP contribution < -0.4 is 5.14 Å². The highest BCUT2D eigenvalue weighted by molar-refractivity contribution is 7.89. The minimum absolute atomic E-state index is 0.0565. The first-order valence-electron chi connectivity index (χ1n) is 8.34. The minimum atomic E-state index is -3.87. The Morgan fingerprint density at radius 1 is 1.04 bits per heavy atom. The van der Waals surface area contributed by atoms with Gasteiger partial charge >= 0.3 is 0 Å². The van der Waals surface area contributed by atoms with E-state index in [1.807, 2.05) is 0 Å². The van der Waals surface area contributed by atoms with Gasteiger partial charge < -0.3 is 0 Å². The molecule has 130 valence electrons. The van der Waals surface area contributed by atoms with Gasteiger partial charge in [0, 0.05) is 6.20 Å². The number of benzene rings is 1. The first kappa shape index (κ1) is 16.4. The van der Waals surface area contributed by atoms with Crippen LogP contribution in [0.5, 0.6) is 0 Å². The highest BCUT2D eigenvalue weighted by atomic mass is 32.2. The highest BCUT2D eigenvalue weighted by Crippen LogP contribution is 2.59. The lowest BCUT2D eigenvalue weighted by Crippen LogP contribution is -2.26. The molecule has 4 rings (SSSR count).